The molecule has 170 valence electrons. The number of piperidine rings is 1. The summed E-state index contributed by atoms with van der Waals surface area (Å²) in [5.41, 5.74) is 3.53. The van der Waals surface area contributed by atoms with Crippen LogP contribution in [0.2, 0.25) is 0 Å². The van der Waals surface area contributed by atoms with Crippen molar-refractivity contribution in [1.29, 1.82) is 5.26 Å². The molecule has 0 spiro atoms. The predicted octanol–water partition coefficient (Wildman–Crippen LogP) is 3.13. The lowest BCUT2D eigenvalue weighted by Crippen LogP contribution is -2.40. The van der Waals surface area contributed by atoms with Gasteiger partial charge >= 0.3 is 0 Å². The van der Waals surface area contributed by atoms with Crippen molar-refractivity contribution in [2.24, 2.45) is 5.92 Å². The molecule has 1 saturated heterocycles. The Morgan fingerprint density at radius 2 is 2.00 bits per heavy atom. The molecule has 1 fully saturated rings. The molecule has 0 bridgehead atoms. The summed E-state index contributed by atoms with van der Waals surface area (Å²) >= 11 is 0. The Morgan fingerprint density at radius 3 is 2.67 bits per heavy atom. The van der Waals surface area contributed by atoms with Crippen LogP contribution >= 0.6 is 0 Å². The molecule has 0 radical (unpaired) electrons. The fourth-order valence-electron chi connectivity index (χ4n) is 4.30. The maximum Gasteiger partial charge on any atom is 0.229 e. The first-order chi connectivity index (χ1) is 15.9. The van der Waals surface area contributed by atoms with E-state index in [0.717, 1.165) is 16.9 Å². The van der Waals surface area contributed by atoms with Gasteiger partial charge in [-0.05, 0) is 44.4 Å². The van der Waals surface area contributed by atoms with E-state index in [1.54, 1.807) is 18.0 Å². The molecule has 2 aromatic rings. The molecule has 1 aromatic carbocycles. The number of aromatic nitrogens is 2. The number of carbonyl (C=O) groups is 2. The molecule has 0 atom stereocenters. The van der Waals surface area contributed by atoms with E-state index in [9.17, 15) is 14.9 Å². The minimum atomic E-state index is -0.204. The van der Waals surface area contributed by atoms with Crippen LogP contribution in [0, 0.1) is 24.2 Å². The van der Waals surface area contributed by atoms with Crippen molar-refractivity contribution < 1.29 is 9.59 Å². The predicted molar refractivity (Wildman–Crippen MR) is 126 cm³/mol. The number of anilines is 3. The molecule has 0 unspecified atom stereocenters. The number of benzene rings is 1. The van der Waals surface area contributed by atoms with Crippen molar-refractivity contribution in [3.63, 3.8) is 0 Å². The number of hydrogen-bond donors (Lipinski definition) is 2. The van der Waals surface area contributed by atoms with Crippen LogP contribution in [-0.4, -0.2) is 46.3 Å². The van der Waals surface area contributed by atoms with Crippen molar-refractivity contribution in [3.8, 4) is 6.07 Å². The summed E-state index contributed by atoms with van der Waals surface area (Å²) in [4.78, 5) is 36.9. The Labute approximate surface area is 193 Å². The topological polar surface area (TPSA) is 114 Å². The van der Waals surface area contributed by atoms with Crippen molar-refractivity contribution in [2.75, 3.05) is 35.2 Å². The van der Waals surface area contributed by atoms with E-state index in [2.05, 4.69) is 26.7 Å². The van der Waals surface area contributed by atoms with Crippen molar-refractivity contribution in [1.82, 2.24) is 14.9 Å². The monoisotopic (exact) mass is 445 g/mol. The molecule has 2 aliphatic heterocycles. The highest BCUT2D eigenvalue weighted by Crippen LogP contribution is 2.38. The van der Waals surface area contributed by atoms with Gasteiger partial charge in [-0.1, -0.05) is 12.1 Å². The van der Waals surface area contributed by atoms with Gasteiger partial charge in [-0.15, -0.1) is 0 Å². The maximum atomic E-state index is 12.8. The second kappa shape index (κ2) is 9.28. The Balaban J connectivity index is 1.58. The largest absolute Gasteiger partial charge is 0.343 e. The van der Waals surface area contributed by atoms with Gasteiger partial charge in [0.2, 0.25) is 17.8 Å². The molecule has 2 amide bonds. The molecule has 9 heteroatoms. The number of likely N-dealkylation sites (tertiary alicyclic amines) is 1. The van der Waals surface area contributed by atoms with Crippen molar-refractivity contribution in [3.05, 3.63) is 47.5 Å². The molecule has 2 N–H and O–H groups in total. The average molecular weight is 446 g/mol. The van der Waals surface area contributed by atoms with Crippen LogP contribution in [0.25, 0.3) is 5.57 Å². The first-order valence-corrected chi connectivity index (χ1v) is 11.1. The number of rotatable bonds is 4. The van der Waals surface area contributed by atoms with Crippen LogP contribution in [-0.2, 0) is 9.59 Å². The van der Waals surface area contributed by atoms with Gasteiger partial charge in [-0.2, -0.15) is 5.26 Å². The third kappa shape index (κ3) is 4.37. The zero-order chi connectivity index (χ0) is 23.5. The number of para-hydroxylation sites is 2. The summed E-state index contributed by atoms with van der Waals surface area (Å²) in [7, 11) is 0. The summed E-state index contributed by atoms with van der Waals surface area (Å²) in [5.74, 6) is 0.490. The molecule has 0 aliphatic carbocycles. The number of amides is 2. The standard InChI is InChI=1S/C24H27N7O2/c1-4-31-20-8-6-5-7-19(20)27-22(31)18(13-25)21-15(2)14-26-24(28-21)29-23(33)17-9-11-30(12-10-17)16(3)32/h5-8,14,17,27H,4,9-12H2,1-3H3,(H,26,28,29,33). The lowest BCUT2D eigenvalue weighted by atomic mass is 9.96. The van der Waals surface area contributed by atoms with Gasteiger partial charge in [0, 0.05) is 38.7 Å². The highest BCUT2D eigenvalue weighted by atomic mass is 16.2. The smallest absolute Gasteiger partial charge is 0.229 e. The van der Waals surface area contributed by atoms with E-state index in [4.69, 9.17) is 0 Å². The van der Waals surface area contributed by atoms with E-state index in [-0.39, 0.29) is 23.7 Å². The van der Waals surface area contributed by atoms with Gasteiger partial charge in [0.05, 0.1) is 17.1 Å². The van der Waals surface area contributed by atoms with Gasteiger partial charge in [-0.3, -0.25) is 14.9 Å². The Bertz CT molecular complexity index is 1160. The van der Waals surface area contributed by atoms with Crippen LogP contribution in [0.4, 0.5) is 17.3 Å². The lowest BCUT2D eigenvalue weighted by molar-refractivity contribution is -0.132. The minimum Gasteiger partial charge on any atom is -0.343 e. The van der Waals surface area contributed by atoms with Crippen molar-refractivity contribution in [2.45, 2.75) is 33.6 Å². The van der Waals surface area contributed by atoms with Crippen LogP contribution in [0.3, 0.4) is 0 Å². The molecule has 33 heavy (non-hydrogen) atoms. The Morgan fingerprint density at radius 1 is 1.27 bits per heavy atom. The quantitative estimate of drug-likeness (QED) is 0.695. The number of nitrogens with zero attached hydrogens (tertiary/aromatic N) is 5. The highest BCUT2D eigenvalue weighted by Gasteiger charge is 2.29. The molecule has 4 rings (SSSR count). The van der Waals surface area contributed by atoms with E-state index < -0.39 is 0 Å². The Kier molecular flexibility index (Phi) is 6.27. The van der Waals surface area contributed by atoms with Crippen LogP contribution in [0.15, 0.2) is 36.3 Å². The first kappa shape index (κ1) is 22.3. The summed E-state index contributed by atoms with van der Waals surface area (Å²) in [6.07, 6.45) is 2.82. The number of allylic oxidation sites excluding steroid dienone is 1. The molecular formula is C24H27N7O2. The zero-order valence-electron chi connectivity index (χ0n) is 19.1. The van der Waals surface area contributed by atoms with Crippen LogP contribution in [0.1, 0.15) is 37.9 Å². The number of fused-ring (bicyclic) bond motifs is 1. The highest BCUT2D eigenvalue weighted by molar-refractivity contribution is 5.93. The van der Waals surface area contributed by atoms with Gasteiger partial charge < -0.3 is 15.1 Å². The number of aryl methyl sites for hydroxylation is 1. The third-order valence-corrected chi connectivity index (χ3v) is 6.14. The lowest BCUT2D eigenvalue weighted by Gasteiger charge is -2.30. The average Bonchev–Trinajstić information content (AvgIpc) is 3.19. The summed E-state index contributed by atoms with van der Waals surface area (Å²) in [5, 5.41) is 16.2. The number of nitrogens with one attached hydrogen (secondary N) is 2. The first-order valence-electron chi connectivity index (χ1n) is 11.1. The van der Waals surface area contributed by atoms with Crippen LogP contribution in [0.5, 0.6) is 0 Å². The fraction of sp³-hybridized carbons (Fsp3) is 0.375. The molecule has 0 saturated carbocycles. The molecule has 3 heterocycles. The van der Waals surface area contributed by atoms with Crippen LogP contribution < -0.4 is 15.5 Å². The third-order valence-electron chi connectivity index (χ3n) is 6.14. The molecule has 1 aromatic heterocycles. The zero-order valence-corrected chi connectivity index (χ0v) is 19.1. The summed E-state index contributed by atoms with van der Waals surface area (Å²) in [6.45, 7) is 7.22. The number of carbonyl (C=O) groups excluding carboxylic acids is 2. The van der Waals surface area contributed by atoms with E-state index in [0.29, 0.717) is 49.6 Å². The SMILES string of the molecule is CCN1C(=C(C#N)c2nc(NC(=O)C3CCN(C(C)=O)CC3)ncc2C)Nc2ccccc21. The molecule has 9 nitrogen and oxygen atoms in total. The number of hydrogen-bond acceptors (Lipinski definition) is 7. The second-order valence-corrected chi connectivity index (χ2v) is 8.22. The van der Waals surface area contributed by atoms with Gasteiger partial charge in [0.15, 0.2) is 0 Å². The van der Waals surface area contributed by atoms with E-state index >= 15 is 0 Å². The van der Waals surface area contributed by atoms with Gasteiger partial charge in [0.1, 0.15) is 17.5 Å². The van der Waals surface area contributed by atoms with Crippen molar-refractivity contribution >= 4 is 34.7 Å². The fourth-order valence-corrected chi connectivity index (χ4v) is 4.30. The Hall–Kier alpha value is -3.93. The van der Waals surface area contributed by atoms with E-state index in [1.807, 2.05) is 43.0 Å². The van der Waals surface area contributed by atoms with E-state index in [1.165, 1.54) is 0 Å². The van der Waals surface area contributed by atoms with Gasteiger partial charge in [-0.25, -0.2) is 9.97 Å². The summed E-state index contributed by atoms with van der Waals surface area (Å²) < 4.78 is 0. The van der Waals surface area contributed by atoms with Gasteiger partial charge in [0.25, 0.3) is 0 Å². The molecular weight excluding hydrogens is 418 g/mol. The second-order valence-electron chi connectivity index (χ2n) is 8.22. The molecule has 2 aliphatic rings. The maximum absolute atomic E-state index is 12.8. The number of nitriles is 1. The summed E-state index contributed by atoms with van der Waals surface area (Å²) in [6, 6.07) is 10.2. The normalized spacial score (nSPS) is 17.2. The minimum absolute atomic E-state index is 0.0289.